The number of nitrogens with one attached hydrogen (secondary N) is 1. The predicted molar refractivity (Wildman–Crippen MR) is 95.4 cm³/mol. The first kappa shape index (κ1) is 18.8. The SMILES string of the molecule is C=CCCCCCN(C)C(=NCCC1=CCOCC1)NCC. The molecule has 0 fully saturated rings. The summed E-state index contributed by atoms with van der Waals surface area (Å²) in [5, 5.41) is 3.39. The third-order valence-electron chi connectivity index (χ3n) is 3.85. The molecular formula is C18H33N3O. The van der Waals surface area contributed by atoms with Gasteiger partial charge in [-0.25, -0.2) is 0 Å². The second-order valence-electron chi connectivity index (χ2n) is 5.73. The number of guanidine groups is 1. The molecule has 0 amide bonds. The molecule has 1 rings (SSSR count). The van der Waals surface area contributed by atoms with E-state index in [1.54, 1.807) is 0 Å². The summed E-state index contributed by atoms with van der Waals surface area (Å²) >= 11 is 0. The zero-order chi connectivity index (χ0) is 16.0. The Morgan fingerprint density at radius 2 is 2.32 bits per heavy atom. The minimum Gasteiger partial charge on any atom is -0.377 e. The van der Waals surface area contributed by atoms with Crippen LogP contribution in [0.4, 0.5) is 0 Å². The average molecular weight is 307 g/mol. The Labute approximate surface area is 136 Å². The lowest BCUT2D eigenvalue weighted by molar-refractivity contribution is 0.153. The third kappa shape index (κ3) is 8.23. The van der Waals surface area contributed by atoms with Crippen LogP contribution in [0.3, 0.4) is 0 Å². The molecule has 0 saturated carbocycles. The Bertz CT molecular complexity index is 363. The molecule has 0 aliphatic carbocycles. The molecule has 1 heterocycles. The number of nitrogens with zero attached hydrogens (tertiary/aromatic N) is 2. The fourth-order valence-electron chi connectivity index (χ4n) is 2.49. The maximum atomic E-state index is 5.34. The number of allylic oxidation sites excluding steroid dienone is 1. The summed E-state index contributed by atoms with van der Waals surface area (Å²) in [5.41, 5.74) is 1.48. The van der Waals surface area contributed by atoms with Crippen molar-refractivity contribution in [2.75, 3.05) is 39.9 Å². The van der Waals surface area contributed by atoms with Gasteiger partial charge in [0, 0.05) is 26.7 Å². The molecule has 1 aliphatic rings. The Balaban J connectivity index is 2.32. The monoisotopic (exact) mass is 307 g/mol. The number of ether oxygens (including phenoxy) is 1. The summed E-state index contributed by atoms with van der Waals surface area (Å²) in [7, 11) is 2.13. The fourth-order valence-corrected chi connectivity index (χ4v) is 2.49. The summed E-state index contributed by atoms with van der Waals surface area (Å²) in [6, 6.07) is 0. The van der Waals surface area contributed by atoms with Gasteiger partial charge in [0.05, 0.1) is 13.2 Å². The van der Waals surface area contributed by atoms with Gasteiger partial charge in [0.15, 0.2) is 5.96 Å². The summed E-state index contributed by atoms with van der Waals surface area (Å²) in [4.78, 5) is 7.00. The lowest BCUT2D eigenvalue weighted by atomic mass is 10.1. The van der Waals surface area contributed by atoms with Crippen LogP contribution in [0.5, 0.6) is 0 Å². The van der Waals surface area contributed by atoms with E-state index in [4.69, 9.17) is 9.73 Å². The largest absolute Gasteiger partial charge is 0.377 e. The molecule has 0 spiro atoms. The van der Waals surface area contributed by atoms with Crippen molar-refractivity contribution >= 4 is 5.96 Å². The Hall–Kier alpha value is -1.29. The topological polar surface area (TPSA) is 36.9 Å². The van der Waals surface area contributed by atoms with E-state index >= 15 is 0 Å². The molecule has 0 unspecified atom stereocenters. The maximum absolute atomic E-state index is 5.34. The van der Waals surface area contributed by atoms with E-state index < -0.39 is 0 Å². The van der Waals surface area contributed by atoms with Gasteiger partial charge in [-0.05, 0) is 39.0 Å². The van der Waals surface area contributed by atoms with E-state index in [0.29, 0.717) is 0 Å². The second kappa shape index (κ2) is 12.3. The summed E-state index contributed by atoms with van der Waals surface area (Å²) in [6.07, 6.45) is 11.1. The third-order valence-corrected chi connectivity index (χ3v) is 3.85. The highest BCUT2D eigenvalue weighted by Crippen LogP contribution is 2.11. The van der Waals surface area contributed by atoms with Crippen molar-refractivity contribution < 1.29 is 4.74 Å². The molecule has 0 bridgehead atoms. The standard InChI is InChI=1S/C18H33N3O/c1-4-6-7-8-9-14-21(3)18(19-5-2)20-13-10-17-11-15-22-16-12-17/h4,11H,1,5-10,12-16H2,2-3H3,(H,19,20). The molecule has 0 aromatic heterocycles. The number of hydrogen-bond acceptors (Lipinski definition) is 2. The van der Waals surface area contributed by atoms with Crippen molar-refractivity contribution in [2.45, 2.75) is 45.4 Å². The smallest absolute Gasteiger partial charge is 0.193 e. The lowest BCUT2D eigenvalue weighted by Gasteiger charge is -2.22. The Kier molecular flexibility index (Phi) is 10.5. The van der Waals surface area contributed by atoms with E-state index in [9.17, 15) is 0 Å². The predicted octanol–water partition coefficient (Wildman–Crippen LogP) is 3.37. The van der Waals surface area contributed by atoms with Crippen LogP contribution in [0.25, 0.3) is 0 Å². The van der Waals surface area contributed by atoms with E-state index in [0.717, 1.165) is 58.1 Å². The van der Waals surface area contributed by atoms with Crippen molar-refractivity contribution in [2.24, 2.45) is 4.99 Å². The van der Waals surface area contributed by atoms with Gasteiger partial charge in [0.25, 0.3) is 0 Å². The molecule has 1 N–H and O–H groups in total. The van der Waals surface area contributed by atoms with Crippen molar-refractivity contribution in [1.29, 1.82) is 0 Å². The lowest BCUT2D eigenvalue weighted by Crippen LogP contribution is -2.39. The molecule has 0 aromatic carbocycles. The average Bonchev–Trinajstić information content (AvgIpc) is 2.54. The molecule has 4 nitrogen and oxygen atoms in total. The van der Waals surface area contributed by atoms with Gasteiger partial charge in [-0.2, -0.15) is 0 Å². The molecule has 1 aliphatic heterocycles. The summed E-state index contributed by atoms with van der Waals surface area (Å²) in [6.45, 7) is 10.3. The van der Waals surface area contributed by atoms with E-state index in [-0.39, 0.29) is 0 Å². The fraction of sp³-hybridized carbons (Fsp3) is 0.722. The van der Waals surface area contributed by atoms with E-state index in [1.807, 2.05) is 6.08 Å². The summed E-state index contributed by atoms with van der Waals surface area (Å²) in [5.74, 6) is 1.03. The summed E-state index contributed by atoms with van der Waals surface area (Å²) < 4.78 is 5.34. The van der Waals surface area contributed by atoms with Gasteiger partial charge in [0.1, 0.15) is 0 Å². The molecule has 0 atom stereocenters. The number of rotatable bonds is 10. The maximum Gasteiger partial charge on any atom is 0.193 e. The van der Waals surface area contributed by atoms with Crippen LogP contribution >= 0.6 is 0 Å². The number of unbranched alkanes of at least 4 members (excludes halogenated alkanes) is 3. The van der Waals surface area contributed by atoms with Crippen molar-refractivity contribution in [3.05, 3.63) is 24.3 Å². The van der Waals surface area contributed by atoms with Gasteiger partial charge >= 0.3 is 0 Å². The van der Waals surface area contributed by atoms with Crippen molar-refractivity contribution in [3.8, 4) is 0 Å². The van der Waals surface area contributed by atoms with Crippen LogP contribution in [-0.4, -0.2) is 50.8 Å². The molecule has 0 aromatic rings. The zero-order valence-electron chi connectivity index (χ0n) is 14.4. The van der Waals surface area contributed by atoms with Gasteiger partial charge in [-0.1, -0.05) is 24.1 Å². The van der Waals surface area contributed by atoms with E-state index in [1.165, 1.54) is 24.8 Å². The van der Waals surface area contributed by atoms with Crippen LogP contribution in [-0.2, 0) is 4.74 Å². The van der Waals surface area contributed by atoms with Gasteiger partial charge in [0.2, 0.25) is 0 Å². The van der Waals surface area contributed by atoms with Crippen molar-refractivity contribution in [1.82, 2.24) is 10.2 Å². The van der Waals surface area contributed by atoms with Crippen LogP contribution in [0.1, 0.15) is 45.4 Å². The van der Waals surface area contributed by atoms with Crippen LogP contribution in [0, 0.1) is 0 Å². The first-order chi connectivity index (χ1) is 10.8. The molecule has 4 heteroatoms. The first-order valence-corrected chi connectivity index (χ1v) is 8.64. The molecule has 0 saturated heterocycles. The normalized spacial score (nSPS) is 15.4. The highest BCUT2D eigenvalue weighted by atomic mass is 16.5. The molecular weight excluding hydrogens is 274 g/mol. The minimum atomic E-state index is 0.768. The molecule has 0 radical (unpaired) electrons. The van der Waals surface area contributed by atoms with E-state index in [2.05, 4.69) is 36.8 Å². The van der Waals surface area contributed by atoms with Crippen LogP contribution in [0.2, 0.25) is 0 Å². The highest BCUT2D eigenvalue weighted by Gasteiger charge is 2.06. The van der Waals surface area contributed by atoms with Crippen LogP contribution in [0.15, 0.2) is 29.3 Å². The van der Waals surface area contributed by atoms with Gasteiger partial charge in [-0.15, -0.1) is 6.58 Å². The number of aliphatic imine (C=N–C) groups is 1. The Morgan fingerprint density at radius 1 is 1.45 bits per heavy atom. The van der Waals surface area contributed by atoms with Gasteiger partial charge < -0.3 is 15.0 Å². The Morgan fingerprint density at radius 3 is 3.00 bits per heavy atom. The van der Waals surface area contributed by atoms with Gasteiger partial charge in [-0.3, -0.25) is 4.99 Å². The second-order valence-corrected chi connectivity index (χ2v) is 5.73. The minimum absolute atomic E-state index is 0.768. The quantitative estimate of drug-likeness (QED) is 0.291. The molecule has 126 valence electrons. The van der Waals surface area contributed by atoms with Crippen LogP contribution < -0.4 is 5.32 Å². The zero-order valence-corrected chi connectivity index (χ0v) is 14.4. The first-order valence-electron chi connectivity index (χ1n) is 8.64. The molecule has 22 heavy (non-hydrogen) atoms. The number of hydrogen-bond donors (Lipinski definition) is 1. The van der Waals surface area contributed by atoms with Crippen molar-refractivity contribution in [3.63, 3.8) is 0 Å². The highest BCUT2D eigenvalue weighted by molar-refractivity contribution is 5.79.